The molecule has 0 fully saturated rings. The van der Waals surface area contributed by atoms with E-state index in [1.165, 1.54) is 0 Å². The SMILES string of the molecule is CC(C)n1cnc2c(NCCOc3ccccc3)nc(Nc3ncccn3)nc21. The van der Waals surface area contributed by atoms with E-state index in [0.717, 1.165) is 11.4 Å². The molecule has 0 saturated heterocycles. The maximum absolute atomic E-state index is 5.74. The van der Waals surface area contributed by atoms with Crippen molar-refractivity contribution in [1.29, 1.82) is 0 Å². The molecule has 1 aromatic carbocycles. The minimum absolute atomic E-state index is 0.213. The fraction of sp³-hybridized carbons (Fsp3) is 0.250. The molecule has 9 nitrogen and oxygen atoms in total. The minimum atomic E-state index is 0.213. The van der Waals surface area contributed by atoms with Gasteiger partial charge in [0, 0.05) is 18.4 Å². The lowest BCUT2D eigenvalue weighted by Gasteiger charge is -2.12. The fourth-order valence-electron chi connectivity index (χ4n) is 2.79. The van der Waals surface area contributed by atoms with Crippen LogP contribution in [0.5, 0.6) is 5.75 Å². The summed E-state index contributed by atoms with van der Waals surface area (Å²) in [6, 6.07) is 11.7. The molecule has 0 amide bonds. The predicted octanol–water partition coefficient (Wildman–Crippen LogP) is 3.43. The number of hydrogen-bond acceptors (Lipinski definition) is 8. The van der Waals surface area contributed by atoms with Crippen LogP contribution in [0.4, 0.5) is 17.7 Å². The quantitative estimate of drug-likeness (QED) is 0.441. The van der Waals surface area contributed by atoms with Gasteiger partial charge in [0.15, 0.2) is 17.0 Å². The number of benzene rings is 1. The highest BCUT2D eigenvalue weighted by Gasteiger charge is 2.15. The van der Waals surface area contributed by atoms with Crippen LogP contribution in [0.1, 0.15) is 19.9 Å². The molecule has 0 aliphatic rings. The fourth-order valence-corrected chi connectivity index (χ4v) is 2.79. The molecule has 3 heterocycles. The number of ether oxygens (including phenoxy) is 1. The second-order valence-electron chi connectivity index (χ2n) is 6.60. The molecule has 0 bridgehead atoms. The van der Waals surface area contributed by atoms with Gasteiger partial charge in [-0.3, -0.25) is 5.32 Å². The van der Waals surface area contributed by atoms with Gasteiger partial charge < -0.3 is 14.6 Å². The lowest BCUT2D eigenvalue weighted by Crippen LogP contribution is -2.14. The molecule has 0 saturated carbocycles. The smallest absolute Gasteiger partial charge is 0.233 e. The second kappa shape index (κ2) is 8.51. The van der Waals surface area contributed by atoms with Crippen LogP contribution in [0.25, 0.3) is 11.2 Å². The van der Waals surface area contributed by atoms with E-state index in [0.29, 0.717) is 36.4 Å². The molecular formula is C20H22N8O. The molecule has 29 heavy (non-hydrogen) atoms. The number of aromatic nitrogens is 6. The summed E-state index contributed by atoms with van der Waals surface area (Å²) in [5.74, 6) is 2.29. The van der Waals surface area contributed by atoms with Crippen molar-refractivity contribution in [3.63, 3.8) is 0 Å². The molecule has 0 aliphatic heterocycles. The van der Waals surface area contributed by atoms with Crippen molar-refractivity contribution in [3.8, 4) is 5.75 Å². The number of para-hydroxylation sites is 1. The average Bonchev–Trinajstić information content (AvgIpc) is 3.17. The van der Waals surface area contributed by atoms with E-state index in [-0.39, 0.29) is 6.04 Å². The summed E-state index contributed by atoms with van der Waals surface area (Å²) >= 11 is 0. The molecule has 2 N–H and O–H groups in total. The lowest BCUT2D eigenvalue weighted by molar-refractivity contribution is 0.333. The number of imidazole rings is 1. The zero-order valence-electron chi connectivity index (χ0n) is 16.3. The monoisotopic (exact) mass is 390 g/mol. The molecule has 4 rings (SSSR count). The first kappa shape index (κ1) is 18.6. The van der Waals surface area contributed by atoms with Gasteiger partial charge in [0.05, 0.1) is 12.9 Å². The first-order valence-corrected chi connectivity index (χ1v) is 9.41. The molecule has 0 spiro atoms. The van der Waals surface area contributed by atoms with Crippen LogP contribution in [0.3, 0.4) is 0 Å². The Hall–Kier alpha value is -3.75. The Kier molecular flexibility index (Phi) is 5.46. The average molecular weight is 390 g/mol. The Balaban J connectivity index is 1.55. The Bertz CT molecular complexity index is 1070. The van der Waals surface area contributed by atoms with Crippen molar-refractivity contribution in [2.45, 2.75) is 19.9 Å². The summed E-state index contributed by atoms with van der Waals surface area (Å²) < 4.78 is 7.74. The number of hydrogen-bond donors (Lipinski definition) is 2. The van der Waals surface area contributed by atoms with Crippen molar-refractivity contribution in [2.24, 2.45) is 0 Å². The Labute approximate surface area is 168 Å². The van der Waals surface area contributed by atoms with Crippen LogP contribution >= 0.6 is 0 Å². The summed E-state index contributed by atoms with van der Waals surface area (Å²) in [6.07, 6.45) is 5.09. The van der Waals surface area contributed by atoms with Gasteiger partial charge in [0.1, 0.15) is 12.4 Å². The molecule has 0 radical (unpaired) electrons. The van der Waals surface area contributed by atoms with E-state index in [1.807, 2.05) is 34.9 Å². The van der Waals surface area contributed by atoms with Crippen molar-refractivity contribution in [1.82, 2.24) is 29.5 Å². The van der Waals surface area contributed by atoms with Crippen molar-refractivity contribution in [2.75, 3.05) is 23.8 Å². The molecule has 3 aromatic heterocycles. The number of rotatable bonds is 8. The maximum atomic E-state index is 5.74. The Morgan fingerprint density at radius 2 is 1.76 bits per heavy atom. The van der Waals surface area contributed by atoms with Crippen molar-refractivity contribution >= 4 is 28.9 Å². The summed E-state index contributed by atoms with van der Waals surface area (Å²) in [4.78, 5) is 22.0. The summed E-state index contributed by atoms with van der Waals surface area (Å²) in [6.45, 7) is 5.22. The van der Waals surface area contributed by atoms with E-state index in [2.05, 4.69) is 49.4 Å². The minimum Gasteiger partial charge on any atom is -0.492 e. The number of nitrogens with one attached hydrogen (secondary N) is 2. The molecule has 0 aliphatic carbocycles. The normalized spacial score (nSPS) is 11.0. The first-order valence-electron chi connectivity index (χ1n) is 9.41. The van der Waals surface area contributed by atoms with Crippen LogP contribution in [-0.2, 0) is 0 Å². The van der Waals surface area contributed by atoms with Gasteiger partial charge in [-0.2, -0.15) is 9.97 Å². The Morgan fingerprint density at radius 3 is 2.52 bits per heavy atom. The van der Waals surface area contributed by atoms with E-state index in [9.17, 15) is 0 Å². The lowest BCUT2D eigenvalue weighted by atomic mass is 10.3. The van der Waals surface area contributed by atoms with Crippen molar-refractivity contribution < 1.29 is 4.74 Å². The van der Waals surface area contributed by atoms with E-state index in [4.69, 9.17) is 4.74 Å². The second-order valence-corrected chi connectivity index (χ2v) is 6.60. The van der Waals surface area contributed by atoms with E-state index in [1.54, 1.807) is 24.8 Å². The van der Waals surface area contributed by atoms with Gasteiger partial charge in [-0.25, -0.2) is 15.0 Å². The predicted molar refractivity (Wildman–Crippen MR) is 111 cm³/mol. The van der Waals surface area contributed by atoms with E-state index < -0.39 is 0 Å². The summed E-state index contributed by atoms with van der Waals surface area (Å²) in [5.41, 5.74) is 1.44. The van der Waals surface area contributed by atoms with Crippen LogP contribution in [0, 0.1) is 0 Å². The molecule has 148 valence electrons. The first-order chi connectivity index (χ1) is 14.2. The number of fused-ring (bicyclic) bond motifs is 1. The van der Waals surface area contributed by atoms with Gasteiger partial charge in [-0.1, -0.05) is 18.2 Å². The molecule has 4 aromatic rings. The highest BCUT2D eigenvalue weighted by atomic mass is 16.5. The highest BCUT2D eigenvalue weighted by molar-refractivity contribution is 5.84. The number of anilines is 3. The van der Waals surface area contributed by atoms with Crippen LogP contribution in [-0.4, -0.2) is 42.6 Å². The number of nitrogens with zero attached hydrogens (tertiary/aromatic N) is 6. The summed E-state index contributed by atoms with van der Waals surface area (Å²) in [7, 11) is 0. The third kappa shape index (κ3) is 4.40. The van der Waals surface area contributed by atoms with E-state index >= 15 is 0 Å². The van der Waals surface area contributed by atoms with Gasteiger partial charge in [-0.05, 0) is 32.0 Å². The largest absolute Gasteiger partial charge is 0.492 e. The Morgan fingerprint density at radius 1 is 0.966 bits per heavy atom. The zero-order valence-corrected chi connectivity index (χ0v) is 16.3. The molecule has 0 atom stereocenters. The van der Waals surface area contributed by atoms with Crippen LogP contribution < -0.4 is 15.4 Å². The van der Waals surface area contributed by atoms with Crippen LogP contribution in [0.15, 0.2) is 55.1 Å². The maximum Gasteiger partial charge on any atom is 0.233 e. The third-order valence-electron chi connectivity index (χ3n) is 4.17. The molecule has 0 unspecified atom stereocenters. The van der Waals surface area contributed by atoms with Gasteiger partial charge in [0.25, 0.3) is 0 Å². The molecular weight excluding hydrogens is 368 g/mol. The van der Waals surface area contributed by atoms with Crippen molar-refractivity contribution in [3.05, 3.63) is 55.1 Å². The highest BCUT2D eigenvalue weighted by Crippen LogP contribution is 2.24. The third-order valence-corrected chi connectivity index (χ3v) is 4.17. The van der Waals surface area contributed by atoms with Gasteiger partial charge >= 0.3 is 0 Å². The van der Waals surface area contributed by atoms with Crippen LogP contribution in [0.2, 0.25) is 0 Å². The summed E-state index contributed by atoms with van der Waals surface area (Å²) in [5, 5.41) is 6.36. The van der Waals surface area contributed by atoms with Gasteiger partial charge in [-0.15, -0.1) is 0 Å². The topological polar surface area (TPSA) is 103 Å². The van der Waals surface area contributed by atoms with Gasteiger partial charge in [0.2, 0.25) is 11.9 Å². The zero-order chi connectivity index (χ0) is 20.1. The molecule has 9 heteroatoms. The standard InChI is InChI=1S/C20H22N8O/c1-14(2)28-13-24-16-17(21-11-12-29-15-7-4-3-5-8-15)25-20(26-18(16)28)27-19-22-9-6-10-23-19/h3-10,13-14H,11-12H2,1-2H3,(H2,21,22,23,25,26,27).